The van der Waals surface area contributed by atoms with E-state index in [-0.39, 0.29) is 0 Å². The summed E-state index contributed by atoms with van der Waals surface area (Å²) in [7, 11) is 0. The maximum absolute atomic E-state index is 6.01. The standard InChI is InChI=1S/C20H28N6/c1-14(2)15-3-4-17-12-26(8-5-16(17)11-15)20-23-13-22-19(24-20)25-9-6-18(21)7-10-25/h3-4,11,13-14,18H,5-10,12,21H2,1-2H3. The Kier molecular flexibility index (Phi) is 4.76. The highest BCUT2D eigenvalue weighted by molar-refractivity contribution is 5.44. The van der Waals surface area contributed by atoms with Crippen molar-refractivity contribution in [3.63, 3.8) is 0 Å². The summed E-state index contributed by atoms with van der Waals surface area (Å²) in [5.74, 6) is 2.13. The third-order valence-corrected chi connectivity index (χ3v) is 5.56. The number of nitrogens with two attached hydrogens (primary N) is 1. The number of anilines is 2. The topological polar surface area (TPSA) is 71.2 Å². The molecule has 1 saturated heterocycles. The van der Waals surface area contributed by atoms with Crippen molar-refractivity contribution in [3.05, 3.63) is 41.2 Å². The molecular weight excluding hydrogens is 324 g/mol. The van der Waals surface area contributed by atoms with Crippen molar-refractivity contribution >= 4 is 11.9 Å². The Morgan fingerprint density at radius 1 is 1.00 bits per heavy atom. The SMILES string of the molecule is CC(C)c1ccc2c(c1)CCN(c1ncnc(N3CCC(N)CC3)n1)C2. The number of piperidine rings is 1. The molecule has 0 saturated carbocycles. The molecule has 2 aromatic rings. The maximum Gasteiger partial charge on any atom is 0.230 e. The van der Waals surface area contributed by atoms with Gasteiger partial charge in [0.25, 0.3) is 0 Å². The van der Waals surface area contributed by atoms with Gasteiger partial charge < -0.3 is 15.5 Å². The van der Waals surface area contributed by atoms with Crippen LogP contribution in [0.2, 0.25) is 0 Å². The molecule has 0 radical (unpaired) electrons. The molecule has 1 aromatic carbocycles. The lowest BCUT2D eigenvalue weighted by atomic mass is 9.93. The van der Waals surface area contributed by atoms with Gasteiger partial charge in [0.05, 0.1) is 0 Å². The van der Waals surface area contributed by atoms with E-state index < -0.39 is 0 Å². The molecule has 2 aliphatic rings. The van der Waals surface area contributed by atoms with Gasteiger partial charge >= 0.3 is 0 Å². The highest BCUT2D eigenvalue weighted by atomic mass is 15.3. The number of benzene rings is 1. The molecule has 0 atom stereocenters. The average Bonchev–Trinajstić information content (AvgIpc) is 2.68. The zero-order chi connectivity index (χ0) is 18.1. The third kappa shape index (κ3) is 3.51. The van der Waals surface area contributed by atoms with Gasteiger partial charge in [-0.05, 0) is 41.9 Å². The summed E-state index contributed by atoms with van der Waals surface area (Å²) in [6, 6.07) is 7.20. The zero-order valence-electron chi connectivity index (χ0n) is 15.7. The molecule has 0 bridgehead atoms. The normalized spacial score (nSPS) is 18.3. The Morgan fingerprint density at radius 2 is 1.73 bits per heavy atom. The van der Waals surface area contributed by atoms with Crippen molar-refractivity contribution < 1.29 is 0 Å². The first-order chi connectivity index (χ1) is 12.6. The van der Waals surface area contributed by atoms with Gasteiger partial charge in [0, 0.05) is 32.2 Å². The second-order valence-corrected chi connectivity index (χ2v) is 7.76. The van der Waals surface area contributed by atoms with Gasteiger partial charge in [-0.15, -0.1) is 0 Å². The van der Waals surface area contributed by atoms with Crippen LogP contribution in [0.4, 0.5) is 11.9 Å². The summed E-state index contributed by atoms with van der Waals surface area (Å²) in [6.45, 7) is 8.15. The molecular formula is C20H28N6. The van der Waals surface area contributed by atoms with Crippen LogP contribution in [-0.2, 0) is 13.0 Å². The Labute approximate surface area is 155 Å². The number of nitrogens with zero attached hydrogens (tertiary/aromatic N) is 5. The molecule has 2 aliphatic heterocycles. The van der Waals surface area contributed by atoms with E-state index in [2.05, 4.69) is 51.8 Å². The summed E-state index contributed by atoms with van der Waals surface area (Å²) in [4.78, 5) is 18.1. The van der Waals surface area contributed by atoms with Crippen LogP contribution in [-0.4, -0.2) is 40.6 Å². The average molecular weight is 352 g/mol. The molecule has 1 aromatic heterocycles. The first-order valence-corrected chi connectivity index (χ1v) is 9.66. The molecule has 0 unspecified atom stereocenters. The van der Waals surface area contributed by atoms with Crippen LogP contribution in [0.3, 0.4) is 0 Å². The highest BCUT2D eigenvalue weighted by Crippen LogP contribution is 2.26. The minimum atomic E-state index is 0.307. The monoisotopic (exact) mass is 352 g/mol. The van der Waals surface area contributed by atoms with E-state index >= 15 is 0 Å². The van der Waals surface area contributed by atoms with Gasteiger partial charge in [-0.25, -0.2) is 9.97 Å². The number of aromatic nitrogens is 3. The van der Waals surface area contributed by atoms with Gasteiger partial charge in [0.1, 0.15) is 6.33 Å². The molecule has 1 fully saturated rings. The van der Waals surface area contributed by atoms with Crippen LogP contribution < -0.4 is 15.5 Å². The second-order valence-electron chi connectivity index (χ2n) is 7.76. The molecule has 2 N–H and O–H groups in total. The summed E-state index contributed by atoms with van der Waals surface area (Å²) < 4.78 is 0. The van der Waals surface area contributed by atoms with E-state index in [1.807, 2.05) is 0 Å². The third-order valence-electron chi connectivity index (χ3n) is 5.56. The molecule has 26 heavy (non-hydrogen) atoms. The van der Waals surface area contributed by atoms with Crippen LogP contribution >= 0.6 is 0 Å². The smallest absolute Gasteiger partial charge is 0.230 e. The van der Waals surface area contributed by atoms with Crippen LogP contribution in [0.25, 0.3) is 0 Å². The minimum Gasteiger partial charge on any atom is -0.341 e. The summed E-state index contributed by atoms with van der Waals surface area (Å²) in [6.07, 6.45) is 4.67. The molecule has 3 heterocycles. The van der Waals surface area contributed by atoms with E-state index in [0.29, 0.717) is 12.0 Å². The van der Waals surface area contributed by atoms with Crippen LogP contribution in [0.5, 0.6) is 0 Å². The van der Waals surface area contributed by atoms with E-state index in [4.69, 9.17) is 10.7 Å². The Bertz CT molecular complexity index is 767. The number of rotatable bonds is 3. The Balaban J connectivity index is 1.51. The van der Waals surface area contributed by atoms with E-state index in [0.717, 1.165) is 57.3 Å². The fourth-order valence-corrected chi connectivity index (χ4v) is 3.79. The molecule has 6 nitrogen and oxygen atoms in total. The number of hydrogen-bond acceptors (Lipinski definition) is 6. The van der Waals surface area contributed by atoms with Gasteiger partial charge in [0.2, 0.25) is 11.9 Å². The summed E-state index contributed by atoms with van der Waals surface area (Å²) in [5, 5.41) is 0. The van der Waals surface area contributed by atoms with Crippen molar-refractivity contribution in [3.8, 4) is 0 Å². The van der Waals surface area contributed by atoms with E-state index in [1.54, 1.807) is 6.33 Å². The van der Waals surface area contributed by atoms with Gasteiger partial charge in [-0.3, -0.25) is 0 Å². The molecule has 0 aliphatic carbocycles. The molecule has 4 rings (SSSR count). The lowest BCUT2D eigenvalue weighted by Crippen LogP contribution is -2.40. The lowest BCUT2D eigenvalue weighted by Gasteiger charge is -2.32. The van der Waals surface area contributed by atoms with Crippen molar-refractivity contribution in [2.24, 2.45) is 5.73 Å². The van der Waals surface area contributed by atoms with Gasteiger partial charge in [-0.1, -0.05) is 32.0 Å². The van der Waals surface area contributed by atoms with Crippen molar-refractivity contribution in [1.29, 1.82) is 0 Å². The Hall–Kier alpha value is -2.21. The van der Waals surface area contributed by atoms with E-state index in [1.165, 1.54) is 16.7 Å². The predicted molar refractivity (Wildman–Crippen MR) is 105 cm³/mol. The Morgan fingerprint density at radius 3 is 2.46 bits per heavy atom. The first-order valence-electron chi connectivity index (χ1n) is 9.66. The maximum atomic E-state index is 6.01. The number of hydrogen-bond donors (Lipinski definition) is 1. The van der Waals surface area contributed by atoms with Crippen molar-refractivity contribution in [2.75, 3.05) is 29.4 Å². The molecule has 0 amide bonds. The number of fused-ring (bicyclic) bond motifs is 1. The van der Waals surface area contributed by atoms with Crippen LogP contribution in [0.15, 0.2) is 24.5 Å². The fourth-order valence-electron chi connectivity index (χ4n) is 3.79. The zero-order valence-corrected chi connectivity index (χ0v) is 15.7. The van der Waals surface area contributed by atoms with Crippen molar-refractivity contribution in [2.45, 2.75) is 51.6 Å². The summed E-state index contributed by atoms with van der Waals surface area (Å²) in [5.41, 5.74) is 10.3. The predicted octanol–water partition coefficient (Wildman–Crippen LogP) is 2.49. The largest absolute Gasteiger partial charge is 0.341 e. The molecule has 6 heteroatoms. The minimum absolute atomic E-state index is 0.307. The molecule has 138 valence electrons. The fraction of sp³-hybridized carbons (Fsp3) is 0.550. The summed E-state index contributed by atoms with van der Waals surface area (Å²) >= 11 is 0. The highest BCUT2D eigenvalue weighted by Gasteiger charge is 2.22. The quantitative estimate of drug-likeness (QED) is 0.915. The molecule has 0 spiro atoms. The van der Waals surface area contributed by atoms with Gasteiger partial charge in [-0.2, -0.15) is 4.98 Å². The van der Waals surface area contributed by atoms with Gasteiger partial charge in [0.15, 0.2) is 0 Å². The van der Waals surface area contributed by atoms with Crippen LogP contribution in [0.1, 0.15) is 49.3 Å². The van der Waals surface area contributed by atoms with Crippen LogP contribution in [0, 0.1) is 0 Å². The van der Waals surface area contributed by atoms with Crippen molar-refractivity contribution in [1.82, 2.24) is 15.0 Å². The van der Waals surface area contributed by atoms with E-state index in [9.17, 15) is 0 Å². The lowest BCUT2D eigenvalue weighted by molar-refractivity contribution is 0.495. The second kappa shape index (κ2) is 7.19. The first kappa shape index (κ1) is 17.2.